The Kier molecular flexibility index (Phi) is 7.63. The van der Waals surface area contributed by atoms with Crippen molar-refractivity contribution >= 4 is 22.5 Å². The van der Waals surface area contributed by atoms with Crippen molar-refractivity contribution in [1.82, 2.24) is 4.98 Å². The van der Waals surface area contributed by atoms with E-state index in [4.69, 9.17) is 21.3 Å². The number of fused-ring (bicyclic) bond motifs is 1. The molecule has 6 nitrogen and oxygen atoms in total. The molecular formula is C22H35N5O. The number of hydrogen-bond donors (Lipinski definition) is 3. The molecule has 3 rings (SSSR count). The van der Waals surface area contributed by atoms with Gasteiger partial charge in [-0.2, -0.15) is 0 Å². The topological polar surface area (TPSA) is 98.5 Å². The van der Waals surface area contributed by atoms with Crippen molar-refractivity contribution in [3.8, 4) is 0 Å². The lowest BCUT2D eigenvalue weighted by atomic mass is 9.84. The predicted molar refractivity (Wildman–Crippen MR) is 119 cm³/mol. The minimum Gasteiger partial charge on any atom is -0.459 e. The number of nitrogens with two attached hydrogens (primary N) is 2. The molecule has 1 aliphatic rings. The van der Waals surface area contributed by atoms with Crippen LogP contribution in [-0.2, 0) is 10.2 Å². The van der Waals surface area contributed by atoms with Crippen molar-refractivity contribution in [3.05, 3.63) is 35.0 Å². The van der Waals surface area contributed by atoms with Crippen molar-refractivity contribution in [2.45, 2.75) is 65.7 Å². The molecule has 28 heavy (non-hydrogen) atoms. The standard InChI is InChI=1S/C18H27N5O.C4H8/c1-6-21-12-8-13-11(2)7-15(17(23-20)24-10-19)22-16(13)14(9-12)18(3,4)5;1-2-4-3-1/h7-9,21H,6,10,19-20H2,1-5H3;1-4H2/b23-17-;. The van der Waals surface area contributed by atoms with Crippen LogP contribution in [-0.4, -0.2) is 24.2 Å². The van der Waals surface area contributed by atoms with E-state index >= 15 is 0 Å². The highest BCUT2D eigenvalue weighted by Crippen LogP contribution is 2.33. The molecule has 0 amide bonds. The van der Waals surface area contributed by atoms with Crippen molar-refractivity contribution in [2.24, 2.45) is 16.7 Å². The van der Waals surface area contributed by atoms with Gasteiger partial charge in [-0.25, -0.2) is 4.98 Å². The molecule has 0 atom stereocenters. The van der Waals surface area contributed by atoms with Crippen LogP contribution in [0.5, 0.6) is 0 Å². The Morgan fingerprint density at radius 3 is 2.29 bits per heavy atom. The zero-order valence-corrected chi connectivity index (χ0v) is 17.9. The van der Waals surface area contributed by atoms with Gasteiger partial charge in [0.25, 0.3) is 5.90 Å². The van der Waals surface area contributed by atoms with Crippen LogP contribution in [0.15, 0.2) is 23.3 Å². The van der Waals surface area contributed by atoms with E-state index in [9.17, 15) is 0 Å². The van der Waals surface area contributed by atoms with Gasteiger partial charge in [-0.3, -0.25) is 5.73 Å². The molecule has 5 N–H and O–H groups in total. The summed E-state index contributed by atoms with van der Waals surface area (Å²) >= 11 is 0. The Hall–Kier alpha value is -2.34. The summed E-state index contributed by atoms with van der Waals surface area (Å²) in [5, 5.41) is 8.17. The molecule has 0 aliphatic heterocycles. The number of ether oxygens (including phenoxy) is 1. The molecular weight excluding hydrogens is 350 g/mol. The summed E-state index contributed by atoms with van der Waals surface area (Å²) in [5.74, 6) is 5.68. The molecule has 154 valence electrons. The lowest BCUT2D eigenvalue weighted by molar-refractivity contribution is 0.315. The number of aryl methyl sites for hydroxylation is 1. The van der Waals surface area contributed by atoms with E-state index in [1.807, 2.05) is 13.0 Å². The van der Waals surface area contributed by atoms with Gasteiger partial charge in [0, 0.05) is 17.6 Å². The van der Waals surface area contributed by atoms with Gasteiger partial charge in [0.1, 0.15) is 12.4 Å². The fourth-order valence-electron chi connectivity index (χ4n) is 2.98. The number of nitrogens with one attached hydrogen (secondary N) is 1. The highest BCUT2D eigenvalue weighted by Gasteiger charge is 2.21. The number of hydrazone groups is 1. The summed E-state index contributed by atoms with van der Waals surface area (Å²) in [6, 6.07) is 6.21. The zero-order valence-electron chi connectivity index (χ0n) is 17.9. The second kappa shape index (κ2) is 9.73. The number of pyridine rings is 1. The summed E-state index contributed by atoms with van der Waals surface area (Å²) in [7, 11) is 0. The third-order valence-electron chi connectivity index (χ3n) is 4.87. The highest BCUT2D eigenvalue weighted by atomic mass is 16.5. The molecule has 0 radical (unpaired) electrons. The molecule has 0 bridgehead atoms. The lowest BCUT2D eigenvalue weighted by Gasteiger charge is -2.23. The zero-order chi connectivity index (χ0) is 20.7. The molecule has 1 aromatic heterocycles. The van der Waals surface area contributed by atoms with Gasteiger partial charge in [-0.15, -0.1) is 5.10 Å². The van der Waals surface area contributed by atoms with E-state index in [1.165, 1.54) is 25.7 Å². The fraction of sp³-hybridized carbons (Fsp3) is 0.545. The van der Waals surface area contributed by atoms with Crippen LogP contribution in [0.3, 0.4) is 0 Å². The average Bonchev–Trinajstić information content (AvgIpc) is 2.57. The molecule has 1 fully saturated rings. The Balaban J connectivity index is 0.000000620. The van der Waals surface area contributed by atoms with Gasteiger partial charge >= 0.3 is 0 Å². The number of anilines is 1. The molecule has 6 heteroatoms. The average molecular weight is 386 g/mol. The molecule has 0 saturated heterocycles. The predicted octanol–water partition coefficient (Wildman–Crippen LogP) is 4.39. The Morgan fingerprint density at radius 1 is 1.18 bits per heavy atom. The van der Waals surface area contributed by atoms with Crippen molar-refractivity contribution in [3.63, 3.8) is 0 Å². The molecule has 1 aliphatic carbocycles. The Labute approximate surface area is 168 Å². The van der Waals surface area contributed by atoms with E-state index < -0.39 is 0 Å². The van der Waals surface area contributed by atoms with Gasteiger partial charge < -0.3 is 15.9 Å². The monoisotopic (exact) mass is 385 g/mol. The molecule has 1 aromatic carbocycles. The van der Waals surface area contributed by atoms with E-state index in [1.54, 1.807) is 0 Å². The number of aromatic nitrogens is 1. The fourth-order valence-corrected chi connectivity index (χ4v) is 2.98. The summed E-state index contributed by atoms with van der Waals surface area (Å²) in [5.41, 5.74) is 10.3. The maximum absolute atomic E-state index is 5.45. The van der Waals surface area contributed by atoms with Crippen molar-refractivity contribution < 1.29 is 4.74 Å². The van der Waals surface area contributed by atoms with Crippen LogP contribution in [0, 0.1) is 6.92 Å². The van der Waals surface area contributed by atoms with E-state index in [0.717, 1.165) is 34.3 Å². The number of nitrogens with zero attached hydrogens (tertiary/aromatic N) is 2. The van der Waals surface area contributed by atoms with E-state index in [2.05, 4.69) is 50.2 Å². The smallest absolute Gasteiger partial charge is 0.257 e. The molecule has 1 heterocycles. The first kappa shape index (κ1) is 22.0. The van der Waals surface area contributed by atoms with Crippen LogP contribution in [0.1, 0.15) is 70.2 Å². The second-order valence-corrected chi connectivity index (χ2v) is 8.18. The highest BCUT2D eigenvalue weighted by molar-refractivity contribution is 5.97. The quantitative estimate of drug-likeness (QED) is 0.238. The Morgan fingerprint density at radius 2 is 1.82 bits per heavy atom. The normalized spacial score (nSPS) is 14.1. The summed E-state index contributed by atoms with van der Waals surface area (Å²) in [4.78, 5) is 4.77. The van der Waals surface area contributed by atoms with Crippen molar-refractivity contribution in [1.29, 1.82) is 0 Å². The van der Waals surface area contributed by atoms with Crippen LogP contribution >= 0.6 is 0 Å². The maximum atomic E-state index is 5.45. The number of rotatable bonds is 4. The molecule has 1 saturated carbocycles. The SMILES string of the molecule is C1CCC1.CCNc1cc(C(C)(C)C)c2nc(/C(=N/N)OCN)cc(C)c2c1. The first-order chi connectivity index (χ1) is 13.3. The van der Waals surface area contributed by atoms with Gasteiger partial charge in [-0.1, -0.05) is 46.5 Å². The third kappa shape index (κ3) is 5.35. The van der Waals surface area contributed by atoms with Crippen LogP contribution in [0.2, 0.25) is 0 Å². The number of hydrogen-bond acceptors (Lipinski definition) is 6. The van der Waals surface area contributed by atoms with E-state index in [0.29, 0.717) is 5.69 Å². The van der Waals surface area contributed by atoms with Crippen molar-refractivity contribution in [2.75, 3.05) is 18.6 Å². The van der Waals surface area contributed by atoms with Crippen LogP contribution in [0.4, 0.5) is 5.69 Å². The van der Waals surface area contributed by atoms with Crippen LogP contribution < -0.4 is 16.9 Å². The minimum atomic E-state index is -0.0590. The third-order valence-corrected chi connectivity index (χ3v) is 4.87. The first-order valence-electron chi connectivity index (χ1n) is 10.1. The van der Waals surface area contributed by atoms with Gasteiger partial charge in [0.05, 0.1) is 5.52 Å². The molecule has 0 unspecified atom stereocenters. The minimum absolute atomic E-state index is 0.000282. The van der Waals surface area contributed by atoms with E-state index in [-0.39, 0.29) is 18.0 Å². The van der Waals surface area contributed by atoms with Gasteiger partial charge in [0.15, 0.2) is 0 Å². The summed E-state index contributed by atoms with van der Waals surface area (Å²) in [6.07, 6.45) is 6.00. The lowest BCUT2D eigenvalue weighted by Crippen LogP contribution is -2.18. The van der Waals surface area contributed by atoms with Gasteiger partial charge in [0.2, 0.25) is 0 Å². The van der Waals surface area contributed by atoms with Gasteiger partial charge in [-0.05, 0) is 48.6 Å². The summed E-state index contributed by atoms with van der Waals surface area (Å²) in [6.45, 7) is 11.5. The largest absolute Gasteiger partial charge is 0.459 e. The Bertz CT molecular complexity index is 816. The maximum Gasteiger partial charge on any atom is 0.257 e. The molecule has 0 spiro atoms. The molecule has 2 aromatic rings. The van der Waals surface area contributed by atoms with Crippen LogP contribution in [0.25, 0.3) is 10.9 Å². The first-order valence-corrected chi connectivity index (χ1v) is 10.1. The second-order valence-electron chi connectivity index (χ2n) is 8.18. The number of benzene rings is 1. The summed E-state index contributed by atoms with van der Waals surface area (Å²) < 4.78 is 5.30.